The molecule has 0 atom stereocenters. The Morgan fingerprint density at radius 2 is 2.16 bits per heavy atom. The first kappa shape index (κ1) is 12.8. The van der Waals surface area contributed by atoms with Crippen LogP contribution in [0.2, 0.25) is 5.02 Å². The zero-order valence-electron chi connectivity index (χ0n) is 9.37. The Hall–Kier alpha value is -2.65. The highest BCUT2D eigenvalue weighted by Gasteiger charge is 2.10. The molecule has 1 heterocycles. The van der Waals surface area contributed by atoms with E-state index in [1.54, 1.807) is 0 Å². The number of carboxylic acid groups (broad SMARTS) is 1. The van der Waals surface area contributed by atoms with Crippen molar-refractivity contribution in [3.05, 3.63) is 46.9 Å². The van der Waals surface area contributed by atoms with Gasteiger partial charge in [0.1, 0.15) is 11.8 Å². The maximum absolute atomic E-state index is 10.9. The Kier molecular flexibility index (Phi) is 3.59. The molecule has 7 heteroatoms. The quantitative estimate of drug-likeness (QED) is 0.924. The predicted octanol–water partition coefficient (Wildman–Crippen LogP) is 2.49. The van der Waals surface area contributed by atoms with Crippen molar-refractivity contribution >= 4 is 17.6 Å². The lowest BCUT2D eigenvalue weighted by Gasteiger charge is -2.06. The highest BCUT2D eigenvalue weighted by atomic mass is 35.5. The standard InChI is InChI=1S/C12H6ClN3O3/c13-10-2-1-8(3-9(10)12(17)18)19-11-6-15-7(4-14)5-16-11/h1-3,5-6H,(H,17,18). The molecule has 2 aromatic rings. The van der Waals surface area contributed by atoms with E-state index >= 15 is 0 Å². The van der Waals surface area contributed by atoms with Gasteiger partial charge in [-0.05, 0) is 18.2 Å². The van der Waals surface area contributed by atoms with Gasteiger partial charge in [-0.3, -0.25) is 0 Å². The normalized spacial score (nSPS) is 9.68. The number of carboxylic acids is 1. The van der Waals surface area contributed by atoms with Crippen molar-refractivity contribution in [2.24, 2.45) is 0 Å². The van der Waals surface area contributed by atoms with Crippen LogP contribution >= 0.6 is 11.6 Å². The number of nitriles is 1. The molecule has 0 spiro atoms. The molecule has 0 aliphatic carbocycles. The lowest BCUT2D eigenvalue weighted by molar-refractivity contribution is 0.0696. The molecule has 0 bridgehead atoms. The van der Waals surface area contributed by atoms with Gasteiger partial charge in [0.15, 0.2) is 5.69 Å². The highest BCUT2D eigenvalue weighted by molar-refractivity contribution is 6.33. The van der Waals surface area contributed by atoms with Crippen LogP contribution in [0.4, 0.5) is 0 Å². The summed E-state index contributed by atoms with van der Waals surface area (Å²) in [4.78, 5) is 18.5. The molecule has 0 saturated carbocycles. The van der Waals surface area contributed by atoms with Crippen molar-refractivity contribution in [1.82, 2.24) is 9.97 Å². The minimum atomic E-state index is -1.15. The molecule has 2 rings (SSSR count). The molecule has 19 heavy (non-hydrogen) atoms. The number of nitrogens with zero attached hydrogens (tertiary/aromatic N) is 3. The van der Waals surface area contributed by atoms with Crippen molar-refractivity contribution in [3.8, 4) is 17.7 Å². The lowest BCUT2D eigenvalue weighted by Crippen LogP contribution is -1.98. The molecule has 0 saturated heterocycles. The maximum atomic E-state index is 10.9. The van der Waals surface area contributed by atoms with Crippen LogP contribution in [0, 0.1) is 11.3 Å². The largest absolute Gasteiger partial charge is 0.478 e. The Morgan fingerprint density at radius 1 is 1.37 bits per heavy atom. The fourth-order valence-electron chi connectivity index (χ4n) is 1.28. The fourth-order valence-corrected chi connectivity index (χ4v) is 1.48. The van der Waals surface area contributed by atoms with Gasteiger partial charge >= 0.3 is 5.97 Å². The molecular weight excluding hydrogens is 270 g/mol. The number of benzene rings is 1. The SMILES string of the molecule is N#Cc1cnc(Oc2ccc(Cl)c(C(=O)O)c2)cn1. The van der Waals surface area contributed by atoms with Gasteiger partial charge in [0.05, 0.1) is 23.0 Å². The van der Waals surface area contributed by atoms with E-state index in [-0.39, 0.29) is 27.9 Å². The van der Waals surface area contributed by atoms with E-state index in [1.165, 1.54) is 30.6 Å². The Balaban J connectivity index is 2.25. The lowest BCUT2D eigenvalue weighted by atomic mass is 10.2. The summed E-state index contributed by atoms with van der Waals surface area (Å²) in [6, 6.07) is 6.03. The Labute approximate surface area is 112 Å². The number of aromatic nitrogens is 2. The molecule has 6 nitrogen and oxygen atoms in total. The van der Waals surface area contributed by atoms with E-state index in [4.69, 9.17) is 26.7 Å². The third kappa shape index (κ3) is 2.97. The van der Waals surface area contributed by atoms with Crippen molar-refractivity contribution in [2.75, 3.05) is 0 Å². The third-order valence-electron chi connectivity index (χ3n) is 2.13. The monoisotopic (exact) mass is 275 g/mol. The van der Waals surface area contributed by atoms with Gasteiger partial charge in [0.2, 0.25) is 5.88 Å². The summed E-state index contributed by atoms with van der Waals surface area (Å²) in [6.07, 6.45) is 2.52. The van der Waals surface area contributed by atoms with Crippen LogP contribution in [-0.2, 0) is 0 Å². The van der Waals surface area contributed by atoms with Gasteiger partial charge in [-0.25, -0.2) is 14.8 Å². The van der Waals surface area contributed by atoms with Crippen LogP contribution in [0.5, 0.6) is 11.6 Å². The molecule has 1 N–H and O–H groups in total. The van der Waals surface area contributed by atoms with E-state index in [0.717, 1.165) is 0 Å². The minimum Gasteiger partial charge on any atom is -0.478 e. The molecule has 0 amide bonds. The fraction of sp³-hybridized carbons (Fsp3) is 0. The molecule has 0 unspecified atom stereocenters. The molecule has 0 fully saturated rings. The average molecular weight is 276 g/mol. The summed E-state index contributed by atoms with van der Waals surface area (Å²) in [5, 5.41) is 17.6. The zero-order chi connectivity index (χ0) is 13.8. The smallest absolute Gasteiger partial charge is 0.337 e. The molecule has 0 aliphatic rings. The molecule has 0 radical (unpaired) electrons. The Morgan fingerprint density at radius 3 is 2.74 bits per heavy atom. The number of ether oxygens (including phenoxy) is 1. The second-order valence-corrected chi connectivity index (χ2v) is 3.81. The predicted molar refractivity (Wildman–Crippen MR) is 65.2 cm³/mol. The molecule has 1 aromatic carbocycles. The number of carbonyl (C=O) groups is 1. The van der Waals surface area contributed by atoms with Crippen LogP contribution in [0.3, 0.4) is 0 Å². The van der Waals surface area contributed by atoms with Gasteiger partial charge in [-0.2, -0.15) is 5.26 Å². The van der Waals surface area contributed by atoms with Crippen LogP contribution in [-0.4, -0.2) is 21.0 Å². The van der Waals surface area contributed by atoms with Crippen LogP contribution in [0.1, 0.15) is 16.1 Å². The summed E-state index contributed by atoms with van der Waals surface area (Å²) in [5.41, 5.74) is 0.0930. The highest BCUT2D eigenvalue weighted by Crippen LogP contribution is 2.25. The van der Waals surface area contributed by atoms with E-state index < -0.39 is 5.97 Å². The van der Waals surface area contributed by atoms with Gasteiger partial charge < -0.3 is 9.84 Å². The van der Waals surface area contributed by atoms with Crippen LogP contribution in [0.25, 0.3) is 0 Å². The van der Waals surface area contributed by atoms with Gasteiger partial charge in [0.25, 0.3) is 0 Å². The van der Waals surface area contributed by atoms with E-state index in [0.29, 0.717) is 0 Å². The second-order valence-electron chi connectivity index (χ2n) is 3.40. The van der Waals surface area contributed by atoms with E-state index in [9.17, 15) is 4.79 Å². The first-order chi connectivity index (χ1) is 9.10. The van der Waals surface area contributed by atoms with Crippen LogP contribution in [0.15, 0.2) is 30.6 Å². The van der Waals surface area contributed by atoms with Crippen molar-refractivity contribution in [1.29, 1.82) is 5.26 Å². The molecule has 1 aromatic heterocycles. The van der Waals surface area contributed by atoms with Gasteiger partial charge in [-0.1, -0.05) is 11.6 Å². The van der Waals surface area contributed by atoms with E-state index in [2.05, 4.69) is 9.97 Å². The summed E-state index contributed by atoms with van der Waals surface area (Å²) >= 11 is 5.73. The molecule has 0 aliphatic heterocycles. The Bertz CT molecular complexity index is 665. The zero-order valence-corrected chi connectivity index (χ0v) is 10.1. The van der Waals surface area contributed by atoms with Crippen molar-refractivity contribution < 1.29 is 14.6 Å². The number of aromatic carboxylic acids is 1. The number of halogens is 1. The first-order valence-electron chi connectivity index (χ1n) is 5.03. The number of hydrogen-bond donors (Lipinski definition) is 1. The first-order valence-corrected chi connectivity index (χ1v) is 5.41. The maximum Gasteiger partial charge on any atom is 0.337 e. The number of hydrogen-bond acceptors (Lipinski definition) is 5. The second kappa shape index (κ2) is 5.33. The minimum absolute atomic E-state index is 0.0687. The number of rotatable bonds is 3. The summed E-state index contributed by atoms with van der Waals surface area (Å²) < 4.78 is 5.32. The van der Waals surface area contributed by atoms with E-state index in [1.807, 2.05) is 6.07 Å². The molecule has 94 valence electrons. The topological polar surface area (TPSA) is 96.1 Å². The summed E-state index contributed by atoms with van der Waals surface area (Å²) in [6.45, 7) is 0. The van der Waals surface area contributed by atoms with Gasteiger partial charge in [0, 0.05) is 0 Å². The van der Waals surface area contributed by atoms with Crippen LogP contribution < -0.4 is 4.74 Å². The summed E-state index contributed by atoms with van der Waals surface area (Å²) in [7, 11) is 0. The summed E-state index contributed by atoms with van der Waals surface area (Å²) in [5.74, 6) is -0.736. The van der Waals surface area contributed by atoms with Crippen molar-refractivity contribution in [3.63, 3.8) is 0 Å². The molecular formula is C12H6ClN3O3. The van der Waals surface area contributed by atoms with Gasteiger partial charge in [-0.15, -0.1) is 0 Å². The van der Waals surface area contributed by atoms with Crippen molar-refractivity contribution in [2.45, 2.75) is 0 Å². The third-order valence-corrected chi connectivity index (χ3v) is 2.46. The average Bonchev–Trinajstić information content (AvgIpc) is 2.41.